The van der Waals surface area contributed by atoms with E-state index in [1.165, 1.54) is 12.1 Å². The Balaban J connectivity index is 2.50. The maximum absolute atomic E-state index is 12.8. The van der Waals surface area contributed by atoms with Crippen molar-refractivity contribution in [2.45, 2.75) is 6.92 Å². The summed E-state index contributed by atoms with van der Waals surface area (Å²) in [5.74, 6) is -0.902. The maximum Gasteiger partial charge on any atom is 0.164 e. The van der Waals surface area contributed by atoms with Crippen LogP contribution in [-0.4, -0.2) is 5.11 Å². The lowest BCUT2D eigenvalue weighted by atomic mass is 10.0. The molecule has 0 atom stereocenters. The first-order chi connectivity index (χ1) is 7.16. The van der Waals surface area contributed by atoms with Crippen LogP contribution < -0.4 is 0 Å². The number of hydrogen-bond donors (Lipinski definition) is 1. The Kier molecular flexibility index (Phi) is 2.42. The second-order valence-electron chi connectivity index (χ2n) is 3.54. The third kappa shape index (κ3) is 1.99. The summed E-state index contributed by atoms with van der Waals surface area (Å²) in [6.07, 6.45) is 0. The molecule has 0 aromatic heterocycles. The van der Waals surface area contributed by atoms with Crippen molar-refractivity contribution in [1.29, 1.82) is 0 Å². The SMILES string of the molecule is Cc1cccc(-c2ccc(F)c(O)c2)c1. The molecule has 0 heterocycles. The average molecular weight is 202 g/mol. The summed E-state index contributed by atoms with van der Waals surface area (Å²) in [6.45, 7) is 1.99. The maximum atomic E-state index is 12.8. The molecule has 0 bridgehead atoms. The van der Waals surface area contributed by atoms with Crippen molar-refractivity contribution in [1.82, 2.24) is 0 Å². The Hall–Kier alpha value is -1.83. The third-order valence-corrected chi connectivity index (χ3v) is 2.30. The van der Waals surface area contributed by atoms with Crippen molar-refractivity contribution in [3.63, 3.8) is 0 Å². The molecule has 2 aromatic carbocycles. The van der Waals surface area contributed by atoms with Crippen LogP contribution in [0, 0.1) is 12.7 Å². The van der Waals surface area contributed by atoms with Gasteiger partial charge in [0.15, 0.2) is 11.6 Å². The summed E-state index contributed by atoms with van der Waals surface area (Å²) in [6, 6.07) is 12.2. The van der Waals surface area contributed by atoms with Crippen molar-refractivity contribution < 1.29 is 9.50 Å². The van der Waals surface area contributed by atoms with Crippen LogP contribution in [0.3, 0.4) is 0 Å². The number of phenolic OH excluding ortho intramolecular Hbond substituents is 1. The molecule has 0 saturated carbocycles. The van der Waals surface area contributed by atoms with Gasteiger partial charge in [-0.05, 0) is 30.2 Å². The van der Waals surface area contributed by atoms with E-state index in [-0.39, 0.29) is 5.75 Å². The molecule has 0 aliphatic heterocycles. The quantitative estimate of drug-likeness (QED) is 0.750. The molecule has 0 amide bonds. The lowest BCUT2D eigenvalue weighted by molar-refractivity contribution is 0.433. The number of benzene rings is 2. The van der Waals surface area contributed by atoms with Crippen molar-refractivity contribution in [2.24, 2.45) is 0 Å². The van der Waals surface area contributed by atoms with Crippen LogP contribution in [0.4, 0.5) is 4.39 Å². The second kappa shape index (κ2) is 3.73. The highest BCUT2D eigenvalue weighted by Crippen LogP contribution is 2.25. The van der Waals surface area contributed by atoms with Crippen molar-refractivity contribution >= 4 is 0 Å². The summed E-state index contributed by atoms with van der Waals surface area (Å²) in [4.78, 5) is 0. The molecular weight excluding hydrogens is 191 g/mol. The molecule has 0 aliphatic carbocycles. The largest absolute Gasteiger partial charge is 0.505 e. The van der Waals surface area contributed by atoms with E-state index in [0.717, 1.165) is 16.7 Å². The van der Waals surface area contributed by atoms with Gasteiger partial charge < -0.3 is 5.11 Å². The number of aryl methyl sites for hydroxylation is 1. The monoisotopic (exact) mass is 202 g/mol. The first kappa shape index (κ1) is 9.71. The molecule has 0 fully saturated rings. The molecule has 0 unspecified atom stereocenters. The number of halogens is 1. The van der Waals surface area contributed by atoms with Gasteiger partial charge in [0.05, 0.1) is 0 Å². The highest BCUT2D eigenvalue weighted by molar-refractivity contribution is 5.65. The molecule has 1 N–H and O–H groups in total. The van der Waals surface area contributed by atoms with Gasteiger partial charge in [-0.2, -0.15) is 0 Å². The summed E-state index contributed by atoms with van der Waals surface area (Å²) >= 11 is 0. The lowest BCUT2D eigenvalue weighted by Crippen LogP contribution is -1.81. The first-order valence-electron chi connectivity index (χ1n) is 4.72. The number of rotatable bonds is 1. The van der Waals surface area contributed by atoms with E-state index >= 15 is 0 Å². The highest BCUT2D eigenvalue weighted by Gasteiger charge is 2.03. The van der Waals surface area contributed by atoms with Crippen LogP contribution in [0.25, 0.3) is 11.1 Å². The van der Waals surface area contributed by atoms with E-state index in [1.807, 2.05) is 31.2 Å². The van der Waals surface area contributed by atoms with Gasteiger partial charge in [0.1, 0.15) is 0 Å². The van der Waals surface area contributed by atoms with Crippen molar-refractivity contribution in [2.75, 3.05) is 0 Å². The van der Waals surface area contributed by atoms with Crippen LogP contribution in [0.2, 0.25) is 0 Å². The second-order valence-corrected chi connectivity index (χ2v) is 3.54. The Morgan fingerprint density at radius 1 is 1.00 bits per heavy atom. The number of aromatic hydroxyl groups is 1. The topological polar surface area (TPSA) is 20.2 Å². The van der Waals surface area contributed by atoms with Gasteiger partial charge >= 0.3 is 0 Å². The van der Waals surface area contributed by atoms with Crippen LogP contribution in [0.15, 0.2) is 42.5 Å². The van der Waals surface area contributed by atoms with Crippen LogP contribution in [0.5, 0.6) is 5.75 Å². The third-order valence-electron chi connectivity index (χ3n) is 2.30. The molecule has 2 rings (SSSR count). The predicted octanol–water partition coefficient (Wildman–Crippen LogP) is 3.51. The summed E-state index contributed by atoms with van der Waals surface area (Å²) in [7, 11) is 0. The van der Waals surface area contributed by atoms with Crippen LogP contribution in [-0.2, 0) is 0 Å². The summed E-state index contributed by atoms with van der Waals surface area (Å²) in [5, 5.41) is 9.26. The smallest absolute Gasteiger partial charge is 0.164 e. The predicted molar refractivity (Wildman–Crippen MR) is 58.2 cm³/mol. The fourth-order valence-corrected chi connectivity index (χ4v) is 1.52. The molecule has 0 spiro atoms. The van der Waals surface area contributed by atoms with Crippen LogP contribution >= 0.6 is 0 Å². The molecule has 15 heavy (non-hydrogen) atoms. The number of phenols is 1. The van der Waals surface area contributed by atoms with Gasteiger partial charge in [0.25, 0.3) is 0 Å². The minimum Gasteiger partial charge on any atom is -0.505 e. The van der Waals surface area contributed by atoms with Gasteiger partial charge in [-0.25, -0.2) is 4.39 Å². The Morgan fingerprint density at radius 3 is 2.40 bits per heavy atom. The van der Waals surface area contributed by atoms with Gasteiger partial charge in [0.2, 0.25) is 0 Å². The normalized spacial score (nSPS) is 10.3. The summed E-state index contributed by atoms with van der Waals surface area (Å²) < 4.78 is 12.8. The van der Waals surface area contributed by atoms with Crippen molar-refractivity contribution in [3.8, 4) is 16.9 Å². The van der Waals surface area contributed by atoms with Gasteiger partial charge in [-0.1, -0.05) is 35.9 Å². The minimum atomic E-state index is -0.591. The van der Waals surface area contributed by atoms with E-state index in [2.05, 4.69) is 0 Å². The number of hydrogen-bond acceptors (Lipinski definition) is 1. The standard InChI is InChI=1S/C13H11FO/c1-9-3-2-4-10(7-9)11-5-6-12(14)13(15)8-11/h2-8,15H,1H3. The average Bonchev–Trinajstić information content (AvgIpc) is 2.22. The molecule has 0 radical (unpaired) electrons. The molecule has 0 aliphatic rings. The van der Waals surface area contributed by atoms with E-state index in [9.17, 15) is 9.50 Å². The minimum absolute atomic E-state index is 0.311. The van der Waals surface area contributed by atoms with E-state index in [4.69, 9.17) is 0 Å². The zero-order valence-electron chi connectivity index (χ0n) is 8.37. The van der Waals surface area contributed by atoms with E-state index < -0.39 is 5.82 Å². The molecule has 0 saturated heterocycles. The molecular formula is C13H11FO. The molecule has 76 valence electrons. The fourth-order valence-electron chi connectivity index (χ4n) is 1.52. The summed E-state index contributed by atoms with van der Waals surface area (Å²) in [5.41, 5.74) is 2.93. The molecule has 2 heteroatoms. The highest BCUT2D eigenvalue weighted by atomic mass is 19.1. The zero-order valence-corrected chi connectivity index (χ0v) is 8.37. The van der Waals surface area contributed by atoms with Gasteiger partial charge in [0, 0.05) is 0 Å². The van der Waals surface area contributed by atoms with Crippen molar-refractivity contribution in [3.05, 3.63) is 53.8 Å². The van der Waals surface area contributed by atoms with E-state index in [1.54, 1.807) is 6.07 Å². The fraction of sp³-hybridized carbons (Fsp3) is 0.0769. The van der Waals surface area contributed by atoms with E-state index in [0.29, 0.717) is 0 Å². The Morgan fingerprint density at radius 2 is 1.73 bits per heavy atom. The molecule has 1 nitrogen and oxygen atoms in total. The van der Waals surface area contributed by atoms with Crippen LogP contribution in [0.1, 0.15) is 5.56 Å². The molecule has 2 aromatic rings. The first-order valence-corrected chi connectivity index (χ1v) is 4.72. The lowest BCUT2D eigenvalue weighted by Gasteiger charge is -2.03. The Labute approximate surface area is 87.8 Å². The Bertz CT molecular complexity index is 492. The van der Waals surface area contributed by atoms with Gasteiger partial charge in [-0.3, -0.25) is 0 Å². The van der Waals surface area contributed by atoms with Gasteiger partial charge in [-0.15, -0.1) is 0 Å². The zero-order chi connectivity index (χ0) is 10.8.